The molecule has 0 N–H and O–H groups in total. The summed E-state index contributed by atoms with van der Waals surface area (Å²) in [6.45, 7) is 0. The summed E-state index contributed by atoms with van der Waals surface area (Å²) in [7, 11) is 0. The van der Waals surface area contributed by atoms with Crippen LogP contribution in [-0.4, -0.2) is 19.9 Å². The summed E-state index contributed by atoms with van der Waals surface area (Å²) >= 11 is 1.82. The maximum Gasteiger partial charge on any atom is 0.227 e. The predicted molar refractivity (Wildman–Crippen MR) is 240 cm³/mol. The highest BCUT2D eigenvalue weighted by atomic mass is 32.1. The molecule has 0 saturated heterocycles. The second-order valence-electron chi connectivity index (χ2n) is 14.6. The molecule has 276 valence electrons. The molecule has 0 saturated carbocycles. The van der Waals surface area contributed by atoms with Crippen LogP contribution in [0.5, 0.6) is 0 Å². The first-order valence-corrected chi connectivity index (χ1v) is 20.3. The van der Waals surface area contributed by atoms with E-state index in [9.17, 15) is 0 Å². The molecule has 0 radical (unpaired) electrons. The van der Waals surface area contributed by atoms with Crippen molar-refractivity contribution in [2.75, 3.05) is 0 Å². The molecule has 12 rings (SSSR count). The summed E-state index contributed by atoms with van der Waals surface area (Å²) in [5.74, 6) is 2.38. The number of oxazole rings is 1. The van der Waals surface area contributed by atoms with E-state index < -0.39 is 0 Å². The molecule has 0 aliphatic rings. The number of aromatic nitrogens is 4. The maximum absolute atomic E-state index is 6.43. The molecule has 7 heteroatoms. The van der Waals surface area contributed by atoms with Gasteiger partial charge in [0.15, 0.2) is 23.1 Å². The molecule has 12 aromatic rings. The smallest absolute Gasteiger partial charge is 0.227 e. The molecule has 0 atom stereocenters. The van der Waals surface area contributed by atoms with Crippen molar-refractivity contribution < 1.29 is 8.83 Å². The Morgan fingerprint density at radius 2 is 0.983 bits per heavy atom. The van der Waals surface area contributed by atoms with Crippen LogP contribution in [0.4, 0.5) is 0 Å². The second-order valence-corrected chi connectivity index (χ2v) is 15.6. The Balaban J connectivity index is 0.953. The van der Waals surface area contributed by atoms with Crippen LogP contribution in [0.25, 0.3) is 121 Å². The Kier molecular flexibility index (Phi) is 7.61. The van der Waals surface area contributed by atoms with Gasteiger partial charge in [-0.05, 0) is 76.9 Å². The molecule has 0 bridgehead atoms. The van der Waals surface area contributed by atoms with E-state index in [1.54, 1.807) is 0 Å². The van der Waals surface area contributed by atoms with Crippen LogP contribution in [0.3, 0.4) is 0 Å². The first kappa shape index (κ1) is 33.4. The Bertz CT molecular complexity index is 3550. The first-order chi connectivity index (χ1) is 29.2. The third-order valence-electron chi connectivity index (χ3n) is 11.0. The van der Waals surface area contributed by atoms with Gasteiger partial charge in [0.1, 0.15) is 16.7 Å². The summed E-state index contributed by atoms with van der Waals surface area (Å²) in [5.41, 5.74) is 11.3. The van der Waals surface area contributed by atoms with E-state index in [2.05, 4.69) is 97.1 Å². The van der Waals surface area contributed by atoms with Crippen molar-refractivity contribution in [3.05, 3.63) is 182 Å². The van der Waals surface area contributed by atoms with E-state index in [1.165, 1.54) is 20.2 Å². The molecule has 6 nitrogen and oxygen atoms in total. The van der Waals surface area contributed by atoms with Gasteiger partial charge in [-0.3, -0.25) is 0 Å². The summed E-state index contributed by atoms with van der Waals surface area (Å²) in [6.07, 6.45) is 0. The Morgan fingerprint density at radius 3 is 1.86 bits per heavy atom. The molecule has 59 heavy (non-hydrogen) atoms. The largest absolute Gasteiger partial charge is 0.455 e. The highest BCUT2D eigenvalue weighted by molar-refractivity contribution is 7.26. The van der Waals surface area contributed by atoms with E-state index in [0.29, 0.717) is 23.4 Å². The maximum atomic E-state index is 6.43. The van der Waals surface area contributed by atoms with Gasteiger partial charge in [-0.25, -0.2) is 19.9 Å². The number of para-hydroxylation sites is 4. The van der Waals surface area contributed by atoms with Gasteiger partial charge in [-0.2, -0.15) is 0 Å². The zero-order valence-corrected chi connectivity index (χ0v) is 32.2. The van der Waals surface area contributed by atoms with Crippen molar-refractivity contribution in [1.82, 2.24) is 19.9 Å². The predicted octanol–water partition coefficient (Wildman–Crippen LogP) is 14.3. The number of nitrogens with zero attached hydrogens (tertiary/aromatic N) is 4. The van der Waals surface area contributed by atoms with Gasteiger partial charge < -0.3 is 8.83 Å². The molecular formula is C52H30N4O2S. The number of hydrogen-bond donors (Lipinski definition) is 0. The lowest BCUT2D eigenvalue weighted by molar-refractivity contribution is 0.620. The number of benzene rings is 8. The second kappa shape index (κ2) is 13.4. The van der Waals surface area contributed by atoms with Crippen molar-refractivity contribution in [1.29, 1.82) is 0 Å². The van der Waals surface area contributed by atoms with Crippen molar-refractivity contribution in [3.63, 3.8) is 0 Å². The van der Waals surface area contributed by atoms with Gasteiger partial charge in [0.05, 0.1) is 5.56 Å². The molecular weight excluding hydrogens is 745 g/mol. The molecule has 0 unspecified atom stereocenters. The topological polar surface area (TPSA) is 77.8 Å². The van der Waals surface area contributed by atoms with E-state index in [4.69, 9.17) is 28.8 Å². The third kappa shape index (κ3) is 5.70. The van der Waals surface area contributed by atoms with Crippen molar-refractivity contribution >= 4 is 64.5 Å². The third-order valence-corrected chi connectivity index (χ3v) is 12.2. The quantitative estimate of drug-likeness (QED) is 0.167. The lowest BCUT2D eigenvalue weighted by Crippen LogP contribution is -2.00. The van der Waals surface area contributed by atoms with E-state index >= 15 is 0 Å². The van der Waals surface area contributed by atoms with Crippen LogP contribution in [-0.2, 0) is 0 Å². The van der Waals surface area contributed by atoms with Crippen molar-refractivity contribution in [2.45, 2.75) is 0 Å². The number of fused-ring (bicyclic) bond motifs is 7. The van der Waals surface area contributed by atoms with Gasteiger partial charge in [-0.15, -0.1) is 11.3 Å². The minimum absolute atomic E-state index is 0.561. The molecule has 4 aromatic heterocycles. The monoisotopic (exact) mass is 774 g/mol. The van der Waals surface area contributed by atoms with Gasteiger partial charge in [-0.1, -0.05) is 127 Å². The number of thiophene rings is 1. The van der Waals surface area contributed by atoms with Gasteiger partial charge in [0.2, 0.25) is 5.89 Å². The fraction of sp³-hybridized carbons (Fsp3) is 0. The fourth-order valence-corrected chi connectivity index (χ4v) is 9.34. The van der Waals surface area contributed by atoms with Gasteiger partial charge in [0.25, 0.3) is 0 Å². The zero-order valence-electron chi connectivity index (χ0n) is 31.3. The zero-order chi connectivity index (χ0) is 38.9. The highest BCUT2D eigenvalue weighted by Crippen LogP contribution is 2.43. The first-order valence-electron chi connectivity index (χ1n) is 19.4. The average molecular weight is 775 g/mol. The molecule has 0 aliphatic carbocycles. The molecule has 8 aromatic carbocycles. The Morgan fingerprint density at radius 1 is 0.356 bits per heavy atom. The minimum atomic E-state index is 0.561. The fourth-order valence-electron chi connectivity index (χ4n) is 8.12. The van der Waals surface area contributed by atoms with Crippen molar-refractivity contribution in [2.24, 2.45) is 0 Å². The lowest BCUT2D eigenvalue weighted by atomic mass is 9.98. The van der Waals surface area contributed by atoms with E-state index in [0.717, 1.165) is 77.5 Å². The molecule has 0 aliphatic heterocycles. The standard InChI is InChI=1S/C52H30N4O2S/c1-2-12-31(13-3-1)49-54-50(56-51(55-49)41-22-11-20-39-38-18-4-6-24-44(38)57-47(39)41)35-16-9-15-34(29-35)37-19-10-21-40-42-30-33(26-27-46(42)59-48(37)40)32-14-8-17-36(28-32)52-53-43-23-5-7-25-45(43)58-52/h1-30H. The SMILES string of the molecule is c1ccc(-c2nc(-c3cccc(-c4cccc5c4sc4ccc(-c6cccc(-c7nc8ccccc8o7)c6)cc45)c3)nc(-c3cccc4c3oc3ccccc34)n2)cc1. The minimum Gasteiger partial charge on any atom is -0.455 e. The molecule has 0 fully saturated rings. The summed E-state index contributed by atoms with van der Waals surface area (Å²) in [4.78, 5) is 20.0. The number of furan rings is 1. The summed E-state index contributed by atoms with van der Waals surface area (Å²) in [6, 6.07) is 62.5. The van der Waals surface area contributed by atoms with E-state index in [-0.39, 0.29) is 0 Å². The molecule has 0 spiro atoms. The van der Waals surface area contributed by atoms with Crippen LogP contribution in [0.15, 0.2) is 191 Å². The average Bonchev–Trinajstić information content (AvgIpc) is 4.03. The number of rotatable bonds is 6. The summed E-state index contributed by atoms with van der Waals surface area (Å²) in [5, 5.41) is 4.53. The van der Waals surface area contributed by atoms with Crippen LogP contribution in [0.1, 0.15) is 0 Å². The number of hydrogen-bond acceptors (Lipinski definition) is 7. The van der Waals surface area contributed by atoms with Crippen LogP contribution >= 0.6 is 11.3 Å². The molecule has 4 heterocycles. The Hall–Kier alpha value is -7.74. The van der Waals surface area contributed by atoms with Crippen LogP contribution < -0.4 is 0 Å². The normalized spacial score (nSPS) is 11.7. The highest BCUT2D eigenvalue weighted by Gasteiger charge is 2.19. The van der Waals surface area contributed by atoms with Gasteiger partial charge >= 0.3 is 0 Å². The lowest BCUT2D eigenvalue weighted by Gasteiger charge is -2.10. The summed E-state index contributed by atoms with van der Waals surface area (Å²) < 4.78 is 15.0. The van der Waals surface area contributed by atoms with E-state index in [1.807, 2.05) is 96.3 Å². The Labute approximate surface area is 341 Å². The van der Waals surface area contributed by atoms with Gasteiger partial charge in [0, 0.05) is 47.6 Å². The van der Waals surface area contributed by atoms with Crippen LogP contribution in [0, 0.1) is 0 Å². The molecule has 0 amide bonds. The van der Waals surface area contributed by atoms with Crippen molar-refractivity contribution in [3.8, 4) is 67.9 Å². The van der Waals surface area contributed by atoms with Crippen LogP contribution in [0.2, 0.25) is 0 Å².